The number of rotatable bonds is 3. The Morgan fingerprint density at radius 1 is 1.18 bits per heavy atom. The monoisotopic (exact) mass is 228 g/mol. The van der Waals surface area contributed by atoms with Crippen LogP contribution in [0.15, 0.2) is 66.8 Å². The predicted octanol–water partition coefficient (Wildman–Crippen LogP) is 5.33. The standard InChI is InChI=1S/C10H16.C7H8/c1-5-7-8-10(6-2)9(3)4;1-7-5-3-2-4-6-7/h5-9H,1H2,2-4H3;2-6H,1H3/b8-7-,10-6+;. The average Bonchev–Trinajstić information content (AvgIpc) is 2.31. The summed E-state index contributed by atoms with van der Waals surface area (Å²) in [5.74, 6) is 0.612. The molecular formula is C17H24. The fraction of sp³-hybridized carbons (Fsp3) is 0.294. The van der Waals surface area contributed by atoms with Crippen molar-refractivity contribution < 1.29 is 0 Å². The van der Waals surface area contributed by atoms with Crippen molar-refractivity contribution in [1.82, 2.24) is 0 Å². The van der Waals surface area contributed by atoms with Gasteiger partial charge in [0.15, 0.2) is 0 Å². The summed E-state index contributed by atoms with van der Waals surface area (Å²) in [7, 11) is 0. The average molecular weight is 228 g/mol. The van der Waals surface area contributed by atoms with Gasteiger partial charge in [0.2, 0.25) is 0 Å². The van der Waals surface area contributed by atoms with E-state index in [1.165, 1.54) is 11.1 Å². The van der Waals surface area contributed by atoms with Crippen LogP contribution in [-0.4, -0.2) is 0 Å². The first-order valence-electron chi connectivity index (χ1n) is 6.08. The van der Waals surface area contributed by atoms with Gasteiger partial charge < -0.3 is 0 Å². The summed E-state index contributed by atoms with van der Waals surface area (Å²) in [6.07, 6.45) is 7.99. The number of hydrogen-bond acceptors (Lipinski definition) is 0. The van der Waals surface area contributed by atoms with Crippen molar-refractivity contribution in [2.75, 3.05) is 0 Å². The summed E-state index contributed by atoms with van der Waals surface area (Å²) in [6.45, 7) is 12.1. The maximum absolute atomic E-state index is 3.61. The molecule has 0 aliphatic heterocycles. The highest BCUT2D eigenvalue weighted by molar-refractivity contribution is 5.22. The normalized spacial score (nSPS) is 11.2. The quantitative estimate of drug-likeness (QED) is 0.614. The molecule has 0 bridgehead atoms. The van der Waals surface area contributed by atoms with Gasteiger partial charge in [-0.2, -0.15) is 0 Å². The second-order valence-electron chi connectivity index (χ2n) is 4.19. The smallest absolute Gasteiger partial charge is 0.0222 e. The van der Waals surface area contributed by atoms with Gasteiger partial charge in [-0.3, -0.25) is 0 Å². The van der Waals surface area contributed by atoms with E-state index in [9.17, 15) is 0 Å². The Hall–Kier alpha value is -1.56. The Kier molecular flexibility index (Phi) is 8.77. The molecule has 0 aliphatic carbocycles. The fourth-order valence-electron chi connectivity index (χ4n) is 1.34. The molecule has 0 saturated carbocycles. The lowest BCUT2D eigenvalue weighted by Crippen LogP contribution is -1.88. The summed E-state index contributed by atoms with van der Waals surface area (Å²) in [5, 5.41) is 0. The summed E-state index contributed by atoms with van der Waals surface area (Å²) in [6, 6.07) is 10.3. The third kappa shape index (κ3) is 8.27. The highest BCUT2D eigenvalue weighted by Gasteiger charge is 1.94. The van der Waals surface area contributed by atoms with Crippen LogP contribution in [0.5, 0.6) is 0 Å². The highest BCUT2D eigenvalue weighted by Crippen LogP contribution is 2.09. The summed E-state index contributed by atoms with van der Waals surface area (Å²) in [4.78, 5) is 0. The molecule has 0 amide bonds. The first kappa shape index (κ1) is 15.4. The largest absolute Gasteiger partial charge is 0.0991 e. The molecule has 0 heteroatoms. The van der Waals surface area contributed by atoms with Crippen LogP contribution in [0.4, 0.5) is 0 Å². The van der Waals surface area contributed by atoms with Crippen molar-refractivity contribution in [3.8, 4) is 0 Å². The van der Waals surface area contributed by atoms with Crippen LogP contribution in [0.2, 0.25) is 0 Å². The van der Waals surface area contributed by atoms with Crippen molar-refractivity contribution in [1.29, 1.82) is 0 Å². The van der Waals surface area contributed by atoms with Gasteiger partial charge in [-0.25, -0.2) is 0 Å². The minimum atomic E-state index is 0.612. The molecule has 0 atom stereocenters. The van der Waals surface area contributed by atoms with Gasteiger partial charge in [0.1, 0.15) is 0 Å². The molecule has 0 radical (unpaired) electrons. The fourth-order valence-corrected chi connectivity index (χ4v) is 1.34. The van der Waals surface area contributed by atoms with Crippen LogP contribution in [0.3, 0.4) is 0 Å². The molecule has 0 aliphatic rings. The van der Waals surface area contributed by atoms with E-state index < -0.39 is 0 Å². The van der Waals surface area contributed by atoms with Gasteiger partial charge in [-0.05, 0) is 25.3 Å². The van der Waals surface area contributed by atoms with Gasteiger partial charge in [0.25, 0.3) is 0 Å². The zero-order valence-corrected chi connectivity index (χ0v) is 11.5. The number of hydrogen-bond donors (Lipinski definition) is 0. The van der Waals surface area contributed by atoms with Gasteiger partial charge in [-0.1, -0.05) is 80.6 Å². The highest BCUT2D eigenvalue weighted by atomic mass is 14.0. The summed E-state index contributed by atoms with van der Waals surface area (Å²) in [5.41, 5.74) is 2.68. The topological polar surface area (TPSA) is 0 Å². The molecule has 0 N–H and O–H groups in total. The molecule has 0 aromatic heterocycles. The van der Waals surface area contributed by atoms with E-state index in [0.717, 1.165) is 0 Å². The summed E-state index contributed by atoms with van der Waals surface area (Å²) < 4.78 is 0. The number of aryl methyl sites for hydroxylation is 1. The van der Waals surface area contributed by atoms with E-state index in [1.807, 2.05) is 24.3 Å². The Balaban J connectivity index is 0.000000318. The second-order valence-corrected chi connectivity index (χ2v) is 4.19. The number of allylic oxidation sites excluding steroid dienone is 5. The van der Waals surface area contributed by atoms with Crippen LogP contribution in [0.25, 0.3) is 0 Å². The van der Waals surface area contributed by atoms with E-state index in [1.54, 1.807) is 6.08 Å². The third-order valence-electron chi connectivity index (χ3n) is 2.37. The first-order chi connectivity index (χ1) is 8.11. The molecule has 0 spiro atoms. The minimum Gasteiger partial charge on any atom is -0.0991 e. The van der Waals surface area contributed by atoms with Crippen LogP contribution in [0, 0.1) is 12.8 Å². The van der Waals surface area contributed by atoms with Gasteiger partial charge in [0, 0.05) is 0 Å². The van der Waals surface area contributed by atoms with E-state index in [4.69, 9.17) is 0 Å². The molecule has 92 valence electrons. The second kappa shape index (κ2) is 9.65. The van der Waals surface area contributed by atoms with Crippen molar-refractivity contribution in [3.63, 3.8) is 0 Å². The van der Waals surface area contributed by atoms with Crippen molar-refractivity contribution in [2.45, 2.75) is 27.7 Å². The molecule has 0 fully saturated rings. The Morgan fingerprint density at radius 3 is 2.06 bits per heavy atom. The van der Waals surface area contributed by atoms with Crippen LogP contribution in [-0.2, 0) is 0 Å². The lowest BCUT2D eigenvalue weighted by molar-refractivity contribution is 0.789. The molecule has 0 saturated heterocycles. The maximum atomic E-state index is 3.61. The Morgan fingerprint density at radius 2 is 1.76 bits per heavy atom. The van der Waals surface area contributed by atoms with Crippen molar-refractivity contribution >= 4 is 0 Å². The van der Waals surface area contributed by atoms with Crippen LogP contribution >= 0.6 is 0 Å². The SMILES string of the molecule is C=C/C=C\C(=C/C)C(C)C.Cc1ccccc1. The zero-order chi connectivity index (χ0) is 13.1. The maximum Gasteiger partial charge on any atom is -0.0222 e. The predicted molar refractivity (Wildman–Crippen MR) is 79.1 cm³/mol. The third-order valence-corrected chi connectivity index (χ3v) is 2.37. The molecule has 0 unspecified atom stereocenters. The summed E-state index contributed by atoms with van der Waals surface area (Å²) >= 11 is 0. The van der Waals surface area contributed by atoms with E-state index in [-0.39, 0.29) is 0 Å². The van der Waals surface area contributed by atoms with E-state index in [0.29, 0.717) is 5.92 Å². The molecule has 17 heavy (non-hydrogen) atoms. The van der Waals surface area contributed by atoms with Gasteiger partial charge in [-0.15, -0.1) is 0 Å². The Labute approximate surface area is 106 Å². The van der Waals surface area contributed by atoms with Crippen LogP contribution in [0.1, 0.15) is 26.3 Å². The van der Waals surface area contributed by atoms with E-state index >= 15 is 0 Å². The van der Waals surface area contributed by atoms with Gasteiger partial charge in [0.05, 0.1) is 0 Å². The van der Waals surface area contributed by atoms with Crippen LogP contribution < -0.4 is 0 Å². The number of benzene rings is 1. The Bertz CT molecular complexity index is 353. The molecule has 0 nitrogen and oxygen atoms in total. The lowest BCUT2D eigenvalue weighted by atomic mass is 10.0. The van der Waals surface area contributed by atoms with Gasteiger partial charge >= 0.3 is 0 Å². The molecule has 1 rings (SSSR count). The molecular weight excluding hydrogens is 204 g/mol. The minimum absolute atomic E-state index is 0.612. The zero-order valence-electron chi connectivity index (χ0n) is 11.5. The lowest BCUT2D eigenvalue weighted by Gasteiger charge is -2.03. The van der Waals surface area contributed by atoms with E-state index in [2.05, 4.69) is 58.6 Å². The van der Waals surface area contributed by atoms with Crippen molar-refractivity contribution in [3.05, 3.63) is 72.4 Å². The first-order valence-corrected chi connectivity index (χ1v) is 6.08. The molecule has 1 aromatic carbocycles. The van der Waals surface area contributed by atoms with Crippen molar-refractivity contribution in [2.24, 2.45) is 5.92 Å². The molecule has 1 aromatic rings. The molecule has 0 heterocycles.